The van der Waals surface area contributed by atoms with Gasteiger partial charge in [-0.2, -0.15) is 0 Å². The van der Waals surface area contributed by atoms with E-state index in [4.69, 9.17) is 21.9 Å². The second-order valence-corrected chi connectivity index (χ2v) is 2.50. The smallest absolute Gasteiger partial charge is 0.354 e. The molecule has 0 atom stereocenters. The number of carboxylic acids is 1. The number of carboxylic acid groups (broad SMARTS) is 1. The molecule has 0 fully saturated rings. The van der Waals surface area contributed by atoms with Crippen molar-refractivity contribution in [1.82, 2.24) is 4.98 Å². The first-order chi connectivity index (χ1) is 6.00. The predicted molar refractivity (Wildman–Crippen MR) is 41.3 cm³/mol. The van der Waals surface area contributed by atoms with Gasteiger partial charge in [-0.1, -0.05) is 11.6 Å². The van der Waals surface area contributed by atoms with Crippen molar-refractivity contribution >= 4 is 23.3 Å². The molecular weight excluding hydrogens is 200 g/mol. The molecule has 0 spiro atoms. The predicted octanol–water partition coefficient (Wildman–Crippen LogP) is 1.23. The highest BCUT2D eigenvalue weighted by Gasteiger charge is 2.17. The summed E-state index contributed by atoms with van der Waals surface area (Å²) in [6.07, 6.45) is 0. The molecule has 0 radical (unpaired) electrons. The first-order valence-corrected chi connectivity index (χ1v) is 3.45. The highest BCUT2D eigenvalue weighted by atomic mass is 35.5. The van der Waals surface area contributed by atoms with E-state index in [-0.39, 0.29) is 10.8 Å². The van der Waals surface area contributed by atoms with Gasteiger partial charge < -0.3 is 5.11 Å². The minimum Gasteiger partial charge on any atom is -0.477 e. The monoisotopic (exact) mass is 203 g/mol. The molecule has 0 saturated carbocycles. The Morgan fingerprint density at radius 3 is 2.62 bits per heavy atom. The molecule has 1 heterocycles. The van der Waals surface area contributed by atoms with Gasteiger partial charge in [0, 0.05) is 0 Å². The Morgan fingerprint density at radius 2 is 2.15 bits per heavy atom. The second kappa shape index (κ2) is 3.36. The van der Waals surface area contributed by atoms with Gasteiger partial charge >= 0.3 is 11.7 Å². The van der Waals surface area contributed by atoms with E-state index in [1.54, 1.807) is 0 Å². The molecule has 6 nitrogen and oxygen atoms in total. The summed E-state index contributed by atoms with van der Waals surface area (Å²) in [7, 11) is 0. The third-order valence-corrected chi connectivity index (χ3v) is 1.41. The van der Waals surface area contributed by atoms with Crippen LogP contribution in [0, 0.1) is 4.91 Å². The summed E-state index contributed by atoms with van der Waals surface area (Å²) < 4.78 is 0. The van der Waals surface area contributed by atoms with Crippen molar-refractivity contribution in [2.75, 3.05) is 0 Å². The van der Waals surface area contributed by atoms with Crippen molar-refractivity contribution in [3.05, 3.63) is 27.9 Å². The van der Waals surface area contributed by atoms with Crippen LogP contribution >= 0.6 is 11.6 Å². The third kappa shape index (κ3) is 2.12. The lowest BCUT2D eigenvalue weighted by Crippen LogP contribution is -2.02. The van der Waals surface area contributed by atoms with Crippen molar-refractivity contribution in [2.24, 2.45) is 0 Å². The van der Waals surface area contributed by atoms with E-state index < -0.39 is 16.6 Å². The normalized spacial score (nSPS) is 9.62. The molecule has 0 bridgehead atoms. The lowest BCUT2D eigenvalue weighted by molar-refractivity contribution is -0.729. The molecule has 0 saturated heterocycles. The number of aromatic carboxylic acids is 1. The molecule has 2 N–H and O–H groups in total. The minimum absolute atomic E-state index is 0.176. The Hall–Kier alpha value is -1.69. The number of rotatable bonds is 2. The number of halogens is 1. The van der Waals surface area contributed by atoms with Gasteiger partial charge in [0.05, 0.1) is 17.0 Å². The van der Waals surface area contributed by atoms with Gasteiger partial charge in [0.1, 0.15) is 5.15 Å². The van der Waals surface area contributed by atoms with Crippen molar-refractivity contribution in [2.45, 2.75) is 0 Å². The molecule has 1 aromatic heterocycles. The first kappa shape index (κ1) is 9.40. The molecule has 1 aromatic rings. The third-order valence-electron chi connectivity index (χ3n) is 1.22. The number of hydrogen-bond donors (Lipinski definition) is 2. The molecule has 0 aromatic carbocycles. The summed E-state index contributed by atoms with van der Waals surface area (Å²) >= 11 is 5.39. The van der Waals surface area contributed by atoms with E-state index >= 15 is 0 Å². The number of pyridine rings is 1. The second-order valence-electron chi connectivity index (χ2n) is 2.11. The van der Waals surface area contributed by atoms with Gasteiger partial charge in [-0.25, -0.2) is 15.0 Å². The van der Waals surface area contributed by atoms with Crippen molar-refractivity contribution in [1.29, 1.82) is 0 Å². The summed E-state index contributed by atoms with van der Waals surface area (Å²) in [6.45, 7) is 0. The minimum atomic E-state index is -1.33. The van der Waals surface area contributed by atoms with Crippen LogP contribution in [-0.4, -0.2) is 26.2 Å². The van der Waals surface area contributed by atoms with Crippen molar-refractivity contribution in [3.8, 4) is 0 Å². The standard InChI is InChI=1S/C6H3ClN2O4/c7-5-2-3(9(12)13)1-4(8-5)6(10)11/h1-2H,(H-,10,11,12,13)/p+1. The summed E-state index contributed by atoms with van der Waals surface area (Å²) in [4.78, 5) is 23.7. The quantitative estimate of drug-likeness (QED) is 0.557. The van der Waals surface area contributed by atoms with Crippen LogP contribution in [0.3, 0.4) is 0 Å². The molecule has 0 amide bonds. The van der Waals surface area contributed by atoms with Crippen LogP contribution in [0.15, 0.2) is 12.1 Å². The molecular formula is C6H4ClN2O4+. The lowest BCUT2D eigenvalue weighted by Gasteiger charge is -1.92. The number of carbonyl (C=O) groups is 1. The van der Waals surface area contributed by atoms with E-state index in [1.807, 2.05) is 0 Å². The largest absolute Gasteiger partial charge is 0.477 e. The average Bonchev–Trinajstić information content (AvgIpc) is 2.03. The maximum atomic E-state index is 10.4. The number of aromatic nitrogens is 1. The summed E-state index contributed by atoms with van der Waals surface area (Å²) in [5, 5.41) is 16.8. The highest BCUT2D eigenvalue weighted by molar-refractivity contribution is 6.29. The Morgan fingerprint density at radius 1 is 1.54 bits per heavy atom. The van der Waals surface area contributed by atoms with Gasteiger partial charge in [0.15, 0.2) is 5.69 Å². The van der Waals surface area contributed by atoms with Crippen LogP contribution in [0.4, 0.5) is 5.69 Å². The average molecular weight is 204 g/mol. The summed E-state index contributed by atoms with van der Waals surface area (Å²) in [5.41, 5.74) is -0.685. The Kier molecular flexibility index (Phi) is 2.43. The van der Waals surface area contributed by atoms with E-state index in [2.05, 4.69) is 4.98 Å². The van der Waals surface area contributed by atoms with E-state index in [9.17, 15) is 9.70 Å². The molecule has 0 aliphatic rings. The van der Waals surface area contributed by atoms with E-state index in [1.165, 1.54) is 0 Å². The van der Waals surface area contributed by atoms with Crippen LogP contribution in [0.5, 0.6) is 0 Å². The zero-order chi connectivity index (χ0) is 10.0. The highest BCUT2D eigenvalue weighted by Crippen LogP contribution is 2.16. The fourth-order valence-corrected chi connectivity index (χ4v) is 0.906. The van der Waals surface area contributed by atoms with Gasteiger partial charge in [-0.15, -0.1) is 0 Å². The van der Waals surface area contributed by atoms with Crippen LogP contribution in [0.1, 0.15) is 10.5 Å². The molecule has 68 valence electrons. The van der Waals surface area contributed by atoms with E-state index in [0.717, 1.165) is 12.1 Å². The Labute approximate surface area is 76.9 Å². The Bertz CT molecular complexity index is 347. The fourth-order valence-electron chi connectivity index (χ4n) is 0.703. The molecule has 1 rings (SSSR count). The molecule has 0 aliphatic carbocycles. The molecule has 7 heteroatoms. The van der Waals surface area contributed by atoms with Crippen LogP contribution in [0.2, 0.25) is 5.15 Å². The van der Waals surface area contributed by atoms with Crippen LogP contribution < -0.4 is 0 Å². The molecule has 0 unspecified atom stereocenters. The topological polar surface area (TPSA) is 90.5 Å². The maximum Gasteiger partial charge on any atom is 0.354 e. The lowest BCUT2D eigenvalue weighted by atomic mass is 10.3. The van der Waals surface area contributed by atoms with E-state index in [0.29, 0.717) is 0 Å². The SMILES string of the molecule is O=C(O)c1cc([N+](=O)O)cc(Cl)n1. The zero-order valence-corrected chi connectivity index (χ0v) is 6.89. The van der Waals surface area contributed by atoms with Crippen LogP contribution in [0.25, 0.3) is 0 Å². The Balaban J connectivity index is 3.26. The van der Waals surface area contributed by atoms with Gasteiger partial charge in [-0.05, 0) is 0 Å². The summed E-state index contributed by atoms with van der Waals surface area (Å²) in [6, 6.07) is 1.95. The van der Waals surface area contributed by atoms with Gasteiger partial charge in [0.2, 0.25) is 0 Å². The molecule has 13 heavy (non-hydrogen) atoms. The van der Waals surface area contributed by atoms with Crippen molar-refractivity contribution < 1.29 is 20.0 Å². The van der Waals surface area contributed by atoms with Gasteiger partial charge in [0.25, 0.3) is 4.92 Å². The fraction of sp³-hybridized carbons (Fsp3) is 0. The first-order valence-electron chi connectivity index (χ1n) is 3.07. The number of hydrogen-bond acceptors (Lipinski definition) is 3. The van der Waals surface area contributed by atoms with Crippen molar-refractivity contribution in [3.63, 3.8) is 0 Å². The van der Waals surface area contributed by atoms with Crippen LogP contribution in [-0.2, 0) is 0 Å². The zero-order valence-electron chi connectivity index (χ0n) is 6.14. The maximum absolute atomic E-state index is 10.4. The van der Waals surface area contributed by atoms with Gasteiger partial charge in [-0.3, -0.25) is 0 Å². The molecule has 0 aliphatic heterocycles. The number of nitrogens with zero attached hydrogens (tertiary/aromatic N) is 2. The summed E-state index contributed by atoms with van der Waals surface area (Å²) in [5.74, 6) is -1.33.